The molecule has 2 amide bonds. The van der Waals surface area contributed by atoms with Crippen molar-refractivity contribution >= 4 is 11.8 Å². The largest absolute Gasteiger partial charge is 0.353 e. The number of carbonyl (C=O) groups excluding carboxylic acids is 2. The highest BCUT2D eigenvalue weighted by Crippen LogP contribution is 2.01. The molecule has 1 aliphatic heterocycles. The molecule has 0 spiro atoms. The summed E-state index contributed by atoms with van der Waals surface area (Å²) in [5.41, 5.74) is 0. The van der Waals surface area contributed by atoms with Crippen molar-refractivity contribution in [3.63, 3.8) is 0 Å². The highest BCUT2D eigenvalue weighted by atomic mass is 16.2. The van der Waals surface area contributed by atoms with Gasteiger partial charge in [-0.25, -0.2) is 0 Å². The van der Waals surface area contributed by atoms with E-state index in [1.165, 1.54) is 0 Å². The van der Waals surface area contributed by atoms with Crippen LogP contribution >= 0.6 is 0 Å². The van der Waals surface area contributed by atoms with E-state index in [9.17, 15) is 9.59 Å². The molecule has 0 radical (unpaired) electrons. The van der Waals surface area contributed by atoms with Crippen molar-refractivity contribution < 1.29 is 9.59 Å². The number of nitrogens with zero attached hydrogens (tertiary/aromatic N) is 2. The van der Waals surface area contributed by atoms with Gasteiger partial charge in [0.05, 0.1) is 6.54 Å². The Balaban J connectivity index is 2.26. The van der Waals surface area contributed by atoms with Crippen LogP contribution in [0.4, 0.5) is 0 Å². The van der Waals surface area contributed by atoms with Crippen LogP contribution in [0.2, 0.25) is 0 Å². The molecule has 0 unspecified atom stereocenters. The number of nitrogens with one attached hydrogen (secondary N) is 1. The van der Waals surface area contributed by atoms with E-state index >= 15 is 0 Å². The van der Waals surface area contributed by atoms with Crippen molar-refractivity contribution in [2.24, 2.45) is 0 Å². The predicted molar refractivity (Wildman–Crippen MR) is 62.0 cm³/mol. The van der Waals surface area contributed by atoms with E-state index in [0.717, 1.165) is 26.2 Å². The van der Waals surface area contributed by atoms with Crippen molar-refractivity contribution in [2.45, 2.75) is 26.8 Å². The monoisotopic (exact) mass is 227 g/mol. The van der Waals surface area contributed by atoms with Gasteiger partial charge in [0.25, 0.3) is 0 Å². The maximum atomic E-state index is 11.5. The molecule has 1 N–H and O–H groups in total. The minimum absolute atomic E-state index is 0.0614. The highest BCUT2D eigenvalue weighted by molar-refractivity contribution is 5.78. The third kappa shape index (κ3) is 4.18. The van der Waals surface area contributed by atoms with Crippen LogP contribution in [-0.2, 0) is 9.59 Å². The van der Waals surface area contributed by atoms with E-state index < -0.39 is 0 Å². The average Bonchev–Trinajstić information content (AvgIpc) is 2.16. The lowest BCUT2D eigenvalue weighted by Crippen LogP contribution is -2.51. The van der Waals surface area contributed by atoms with Gasteiger partial charge in [-0.05, 0) is 13.8 Å². The number of hydrogen-bond acceptors (Lipinski definition) is 3. The molecule has 5 heteroatoms. The Kier molecular flexibility index (Phi) is 4.73. The second-order valence-electron chi connectivity index (χ2n) is 4.50. The Morgan fingerprint density at radius 2 is 1.75 bits per heavy atom. The second kappa shape index (κ2) is 5.84. The summed E-state index contributed by atoms with van der Waals surface area (Å²) >= 11 is 0. The SMILES string of the molecule is CC(=O)N1CCN(CC(=O)NC(C)C)CC1. The number of carbonyl (C=O) groups is 2. The first-order valence-electron chi connectivity index (χ1n) is 5.76. The molecule has 0 bridgehead atoms. The smallest absolute Gasteiger partial charge is 0.234 e. The molecular weight excluding hydrogens is 206 g/mol. The summed E-state index contributed by atoms with van der Waals surface area (Å²) in [6.45, 7) is 8.94. The zero-order valence-electron chi connectivity index (χ0n) is 10.3. The maximum Gasteiger partial charge on any atom is 0.234 e. The average molecular weight is 227 g/mol. The third-order valence-corrected chi connectivity index (χ3v) is 2.63. The Morgan fingerprint density at radius 1 is 1.19 bits per heavy atom. The topological polar surface area (TPSA) is 52.7 Å². The molecule has 1 heterocycles. The lowest BCUT2D eigenvalue weighted by molar-refractivity contribution is -0.131. The first kappa shape index (κ1) is 13.0. The molecule has 0 aromatic heterocycles. The Morgan fingerprint density at radius 3 is 2.19 bits per heavy atom. The van der Waals surface area contributed by atoms with Crippen LogP contribution in [0.1, 0.15) is 20.8 Å². The predicted octanol–water partition coefficient (Wildman–Crippen LogP) is -0.325. The van der Waals surface area contributed by atoms with E-state index in [4.69, 9.17) is 0 Å². The van der Waals surface area contributed by atoms with Crippen LogP contribution in [0, 0.1) is 0 Å². The van der Waals surface area contributed by atoms with E-state index in [-0.39, 0.29) is 17.9 Å². The standard InChI is InChI=1S/C11H21N3O2/c1-9(2)12-11(16)8-13-4-6-14(7-5-13)10(3)15/h9H,4-8H2,1-3H3,(H,12,16). The highest BCUT2D eigenvalue weighted by Gasteiger charge is 2.20. The van der Waals surface area contributed by atoms with Crippen molar-refractivity contribution in [3.8, 4) is 0 Å². The fourth-order valence-corrected chi connectivity index (χ4v) is 1.79. The van der Waals surface area contributed by atoms with Crippen LogP contribution in [0.15, 0.2) is 0 Å². The molecule has 0 aliphatic carbocycles. The third-order valence-electron chi connectivity index (χ3n) is 2.63. The summed E-state index contributed by atoms with van der Waals surface area (Å²) in [6.07, 6.45) is 0. The number of piperazine rings is 1. The maximum absolute atomic E-state index is 11.5. The summed E-state index contributed by atoms with van der Waals surface area (Å²) in [7, 11) is 0. The van der Waals surface area contributed by atoms with E-state index in [1.54, 1.807) is 6.92 Å². The van der Waals surface area contributed by atoms with Gasteiger partial charge in [0.1, 0.15) is 0 Å². The van der Waals surface area contributed by atoms with Crippen molar-refractivity contribution in [1.82, 2.24) is 15.1 Å². The van der Waals surface area contributed by atoms with Crippen molar-refractivity contribution in [1.29, 1.82) is 0 Å². The molecule has 1 rings (SSSR count). The first-order valence-corrected chi connectivity index (χ1v) is 5.76. The molecule has 0 aromatic rings. The lowest BCUT2D eigenvalue weighted by atomic mass is 10.3. The number of hydrogen-bond donors (Lipinski definition) is 1. The summed E-state index contributed by atoms with van der Waals surface area (Å²) in [5, 5.41) is 2.86. The van der Waals surface area contributed by atoms with Crippen molar-refractivity contribution in [3.05, 3.63) is 0 Å². The summed E-state index contributed by atoms with van der Waals surface area (Å²) in [6, 6.07) is 0.186. The first-order chi connectivity index (χ1) is 7.49. The zero-order valence-corrected chi connectivity index (χ0v) is 10.3. The summed E-state index contributed by atoms with van der Waals surface area (Å²) < 4.78 is 0. The zero-order chi connectivity index (χ0) is 12.1. The van der Waals surface area contributed by atoms with E-state index in [2.05, 4.69) is 10.2 Å². The van der Waals surface area contributed by atoms with Gasteiger partial charge in [-0.1, -0.05) is 0 Å². The molecule has 0 saturated carbocycles. The fraction of sp³-hybridized carbons (Fsp3) is 0.818. The molecule has 5 nitrogen and oxygen atoms in total. The quantitative estimate of drug-likeness (QED) is 0.718. The molecule has 0 atom stereocenters. The van der Waals surface area contributed by atoms with E-state index in [1.807, 2.05) is 18.7 Å². The van der Waals surface area contributed by atoms with Gasteiger partial charge in [-0.15, -0.1) is 0 Å². The van der Waals surface area contributed by atoms with Crippen LogP contribution in [-0.4, -0.2) is 60.4 Å². The van der Waals surface area contributed by atoms with E-state index in [0.29, 0.717) is 6.54 Å². The second-order valence-corrected chi connectivity index (χ2v) is 4.50. The number of amides is 2. The van der Waals surface area contributed by atoms with Crippen LogP contribution < -0.4 is 5.32 Å². The van der Waals surface area contributed by atoms with Gasteiger partial charge in [0, 0.05) is 39.1 Å². The van der Waals surface area contributed by atoms with Gasteiger partial charge < -0.3 is 10.2 Å². The Labute approximate surface area is 96.8 Å². The molecule has 16 heavy (non-hydrogen) atoms. The molecule has 1 saturated heterocycles. The van der Waals surface area contributed by atoms with Crippen LogP contribution in [0.3, 0.4) is 0 Å². The lowest BCUT2D eigenvalue weighted by Gasteiger charge is -2.33. The molecule has 0 aromatic carbocycles. The van der Waals surface area contributed by atoms with Crippen LogP contribution in [0.5, 0.6) is 0 Å². The van der Waals surface area contributed by atoms with Gasteiger partial charge >= 0.3 is 0 Å². The summed E-state index contributed by atoms with van der Waals surface area (Å²) in [4.78, 5) is 26.5. The minimum atomic E-state index is 0.0614. The van der Waals surface area contributed by atoms with Gasteiger partial charge in [0.2, 0.25) is 11.8 Å². The normalized spacial score (nSPS) is 17.6. The molecule has 92 valence electrons. The minimum Gasteiger partial charge on any atom is -0.353 e. The summed E-state index contributed by atoms with van der Waals surface area (Å²) in [5.74, 6) is 0.178. The molecule has 1 fully saturated rings. The van der Waals surface area contributed by atoms with Gasteiger partial charge in [0.15, 0.2) is 0 Å². The fourth-order valence-electron chi connectivity index (χ4n) is 1.79. The number of rotatable bonds is 3. The Bertz CT molecular complexity index is 258. The molecular formula is C11H21N3O2. The Hall–Kier alpha value is -1.10. The van der Waals surface area contributed by atoms with Crippen LogP contribution in [0.25, 0.3) is 0 Å². The van der Waals surface area contributed by atoms with Crippen molar-refractivity contribution in [2.75, 3.05) is 32.7 Å². The van der Waals surface area contributed by atoms with Gasteiger partial charge in [-0.3, -0.25) is 14.5 Å². The molecule has 1 aliphatic rings. The van der Waals surface area contributed by atoms with Gasteiger partial charge in [-0.2, -0.15) is 0 Å².